The van der Waals surface area contributed by atoms with Crippen LogP contribution in [0.15, 0.2) is 30.3 Å². The van der Waals surface area contributed by atoms with E-state index in [1.54, 1.807) is 24.3 Å². The third kappa shape index (κ3) is 4.61. The number of ether oxygens (including phenoxy) is 1. The van der Waals surface area contributed by atoms with Crippen LogP contribution in [0.3, 0.4) is 0 Å². The van der Waals surface area contributed by atoms with Crippen molar-refractivity contribution in [1.29, 1.82) is 0 Å². The molecule has 0 radical (unpaired) electrons. The number of benzene rings is 1. The monoisotopic (exact) mass is 222 g/mol. The number of hydrogen-bond acceptors (Lipinski definition) is 3. The highest BCUT2D eigenvalue weighted by Gasteiger charge is 1.93. The van der Waals surface area contributed by atoms with E-state index in [4.69, 9.17) is 14.9 Å². The maximum Gasteiger partial charge on any atom is 0.307 e. The van der Waals surface area contributed by atoms with Crippen LogP contribution in [0.5, 0.6) is 5.75 Å². The third-order valence-corrected chi connectivity index (χ3v) is 1.84. The number of rotatable bonds is 6. The molecule has 0 atom stereocenters. The van der Waals surface area contributed by atoms with Crippen LogP contribution in [-0.2, 0) is 4.79 Å². The van der Waals surface area contributed by atoms with Crippen molar-refractivity contribution >= 4 is 12.0 Å². The van der Waals surface area contributed by atoms with Crippen LogP contribution in [0.25, 0.3) is 6.08 Å². The summed E-state index contributed by atoms with van der Waals surface area (Å²) < 4.78 is 5.18. The number of aliphatic hydroxyl groups is 1. The van der Waals surface area contributed by atoms with Crippen LogP contribution in [0.4, 0.5) is 0 Å². The lowest BCUT2D eigenvalue weighted by Gasteiger charge is -2.03. The number of carbonyl (C=O) groups is 1. The Morgan fingerprint density at radius 2 is 2.00 bits per heavy atom. The summed E-state index contributed by atoms with van der Waals surface area (Å²) in [5.74, 6) is -0.163. The van der Waals surface area contributed by atoms with Crippen LogP contribution in [0.2, 0.25) is 0 Å². The fraction of sp³-hybridized carbons (Fsp3) is 0.250. The Balaban J connectivity index is 2.50. The Kier molecular flexibility index (Phi) is 5.08. The predicted molar refractivity (Wildman–Crippen MR) is 60.3 cm³/mol. The molecule has 0 aliphatic heterocycles. The zero-order valence-electron chi connectivity index (χ0n) is 8.80. The van der Waals surface area contributed by atoms with Gasteiger partial charge in [0.1, 0.15) is 12.4 Å². The molecule has 0 aliphatic rings. The van der Waals surface area contributed by atoms with E-state index >= 15 is 0 Å². The molecule has 0 saturated heterocycles. The number of hydrogen-bond donors (Lipinski definition) is 2. The van der Waals surface area contributed by atoms with E-state index in [1.807, 2.05) is 12.1 Å². The van der Waals surface area contributed by atoms with Gasteiger partial charge >= 0.3 is 5.97 Å². The van der Waals surface area contributed by atoms with Crippen molar-refractivity contribution in [3.63, 3.8) is 0 Å². The van der Waals surface area contributed by atoms with E-state index in [1.165, 1.54) is 0 Å². The van der Waals surface area contributed by atoms with Crippen LogP contribution in [-0.4, -0.2) is 29.4 Å². The zero-order valence-corrected chi connectivity index (χ0v) is 8.80. The third-order valence-electron chi connectivity index (χ3n) is 1.84. The van der Waals surface area contributed by atoms with Gasteiger partial charge in [0.05, 0.1) is 13.0 Å². The van der Waals surface area contributed by atoms with Crippen molar-refractivity contribution in [2.24, 2.45) is 0 Å². The SMILES string of the molecule is O=C(O)CC=Cc1ccc(OCCO)cc1. The highest BCUT2D eigenvalue weighted by atomic mass is 16.5. The number of aliphatic hydroxyl groups excluding tert-OH is 1. The molecule has 2 N–H and O–H groups in total. The molecular weight excluding hydrogens is 208 g/mol. The average Bonchev–Trinajstić information content (AvgIpc) is 2.27. The van der Waals surface area contributed by atoms with Gasteiger partial charge < -0.3 is 14.9 Å². The minimum absolute atomic E-state index is 0.0136. The summed E-state index contributed by atoms with van der Waals surface area (Å²) in [5.41, 5.74) is 0.914. The normalized spacial score (nSPS) is 10.6. The van der Waals surface area contributed by atoms with Crippen LogP contribution in [0, 0.1) is 0 Å². The molecule has 16 heavy (non-hydrogen) atoms. The molecule has 4 heteroatoms. The summed E-state index contributed by atoms with van der Waals surface area (Å²) in [5, 5.41) is 17.0. The zero-order chi connectivity index (χ0) is 11.8. The molecule has 0 heterocycles. The Labute approximate surface area is 93.8 Å². The standard InChI is InChI=1S/C12H14O4/c13-8-9-16-11-6-4-10(5-7-11)2-1-3-12(14)15/h1-2,4-7,13H,3,8-9H2,(H,14,15). The lowest BCUT2D eigenvalue weighted by molar-refractivity contribution is -0.135. The first-order valence-corrected chi connectivity index (χ1v) is 4.94. The van der Waals surface area contributed by atoms with E-state index in [9.17, 15) is 4.79 Å². The van der Waals surface area contributed by atoms with Crippen molar-refractivity contribution in [1.82, 2.24) is 0 Å². The fourth-order valence-electron chi connectivity index (χ4n) is 1.13. The predicted octanol–water partition coefficient (Wildman–Crippen LogP) is 1.55. The number of aliphatic carboxylic acids is 1. The summed E-state index contributed by atoms with van der Waals surface area (Å²) in [6.07, 6.45) is 3.35. The molecule has 0 fully saturated rings. The minimum Gasteiger partial charge on any atom is -0.491 e. The molecule has 0 saturated carbocycles. The second kappa shape index (κ2) is 6.63. The lowest BCUT2D eigenvalue weighted by atomic mass is 10.2. The fourth-order valence-corrected chi connectivity index (χ4v) is 1.13. The van der Waals surface area contributed by atoms with Crippen LogP contribution < -0.4 is 4.74 Å². The maximum absolute atomic E-state index is 10.3. The van der Waals surface area contributed by atoms with E-state index in [-0.39, 0.29) is 19.6 Å². The molecule has 0 amide bonds. The van der Waals surface area contributed by atoms with Crippen molar-refractivity contribution in [2.45, 2.75) is 6.42 Å². The van der Waals surface area contributed by atoms with E-state index in [2.05, 4.69) is 0 Å². The van der Waals surface area contributed by atoms with Gasteiger partial charge in [-0.3, -0.25) is 4.79 Å². The van der Waals surface area contributed by atoms with Gasteiger partial charge in [0.2, 0.25) is 0 Å². The highest BCUT2D eigenvalue weighted by molar-refractivity contribution is 5.70. The van der Waals surface area contributed by atoms with Gasteiger partial charge in [-0.15, -0.1) is 0 Å². The maximum atomic E-state index is 10.3. The average molecular weight is 222 g/mol. The summed E-state index contributed by atoms with van der Waals surface area (Å²) in [4.78, 5) is 10.3. The van der Waals surface area contributed by atoms with E-state index in [0.717, 1.165) is 5.56 Å². The van der Waals surface area contributed by atoms with Crippen molar-refractivity contribution in [3.8, 4) is 5.75 Å². The lowest BCUT2D eigenvalue weighted by Crippen LogP contribution is -2.01. The summed E-state index contributed by atoms with van der Waals surface area (Å²) in [6.45, 7) is 0.258. The van der Waals surface area contributed by atoms with Crippen molar-refractivity contribution in [2.75, 3.05) is 13.2 Å². The Bertz CT molecular complexity index is 354. The first-order chi connectivity index (χ1) is 7.72. The number of carboxylic acids is 1. The summed E-state index contributed by atoms with van der Waals surface area (Å²) >= 11 is 0. The molecule has 1 aromatic rings. The van der Waals surface area contributed by atoms with Gasteiger partial charge in [-0.25, -0.2) is 0 Å². The Hall–Kier alpha value is -1.81. The first kappa shape index (κ1) is 12.3. The van der Waals surface area contributed by atoms with Gasteiger partial charge in [0.15, 0.2) is 0 Å². The molecule has 1 rings (SSSR count). The molecular formula is C12H14O4. The topological polar surface area (TPSA) is 66.8 Å². The second-order valence-corrected chi connectivity index (χ2v) is 3.14. The second-order valence-electron chi connectivity index (χ2n) is 3.14. The quantitative estimate of drug-likeness (QED) is 0.766. The van der Waals surface area contributed by atoms with Crippen molar-refractivity contribution in [3.05, 3.63) is 35.9 Å². The van der Waals surface area contributed by atoms with Gasteiger partial charge in [-0.2, -0.15) is 0 Å². The van der Waals surface area contributed by atoms with Crippen LogP contribution in [0.1, 0.15) is 12.0 Å². The van der Waals surface area contributed by atoms with Gasteiger partial charge in [0.25, 0.3) is 0 Å². The summed E-state index contributed by atoms with van der Waals surface area (Å²) in [7, 11) is 0. The minimum atomic E-state index is -0.848. The van der Waals surface area contributed by atoms with Crippen molar-refractivity contribution < 1.29 is 19.7 Å². The summed E-state index contributed by atoms with van der Waals surface area (Å²) in [6, 6.07) is 7.20. The molecule has 0 aliphatic carbocycles. The molecule has 0 aromatic heterocycles. The largest absolute Gasteiger partial charge is 0.491 e. The van der Waals surface area contributed by atoms with Crippen LogP contribution >= 0.6 is 0 Å². The molecule has 0 unspecified atom stereocenters. The first-order valence-electron chi connectivity index (χ1n) is 4.94. The Morgan fingerprint density at radius 1 is 1.31 bits per heavy atom. The molecule has 0 spiro atoms. The molecule has 0 bridgehead atoms. The van der Waals surface area contributed by atoms with Gasteiger partial charge in [-0.1, -0.05) is 24.3 Å². The van der Waals surface area contributed by atoms with E-state index in [0.29, 0.717) is 5.75 Å². The van der Waals surface area contributed by atoms with E-state index < -0.39 is 5.97 Å². The van der Waals surface area contributed by atoms with Gasteiger partial charge in [-0.05, 0) is 17.7 Å². The Morgan fingerprint density at radius 3 is 2.56 bits per heavy atom. The molecule has 1 aromatic carbocycles. The van der Waals surface area contributed by atoms with Gasteiger partial charge in [0, 0.05) is 0 Å². The smallest absolute Gasteiger partial charge is 0.307 e. The number of carboxylic acid groups (broad SMARTS) is 1. The molecule has 86 valence electrons. The highest BCUT2D eigenvalue weighted by Crippen LogP contribution is 2.13. The molecule has 4 nitrogen and oxygen atoms in total.